The van der Waals surface area contributed by atoms with Crippen molar-refractivity contribution < 1.29 is 13.2 Å². The molecule has 0 heterocycles. The van der Waals surface area contributed by atoms with Crippen molar-refractivity contribution in [2.45, 2.75) is 50.1 Å². The molecular weight excluding hydrogens is 276 g/mol. The molecule has 1 aromatic rings. The maximum absolute atomic E-state index is 12.2. The van der Waals surface area contributed by atoms with E-state index in [4.69, 9.17) is 0 Å². The maximum atomic E-state index is 12.2. The summed E-state index contributed by atoms with van der Waals surface area (Å²) >= 11 is 0. The second kappa shape index (κ2) is 6.37. The van der Waals surface area contributed by atoms with E-state index in [0.29, 0.717) is 6.54 Å². The zero-order valence-electron chi connectivity index (χ0n) is 11.6. The highest BCUT2D eigenvalue weighted by Gasteiger charge is 2.22. The molecule has 2 rings (SSSR count). The first-order chi connectivity index (χ1) is 9.47. The van der Waals surface area contributed by atoms with Crippen LogP contribution >= 0.6 is 0 Å². The van der Waals surface area contributed by atoms with Crippen LogP contribution in [0, 0.1) is 0 Å². The van der Waals surface area contributed by atoms with Crippen LogP contribution in [0.5, 0.6) is 0 Å². The van der Waals surface area contributed by atoms with Gasteiger partial charge in [0, 0.05) is 19.5 Å². The Morgan fingerprint density at radius 1 is 1.20 bits per heavy atom. The zero-order chi connectivity index (χ0) is 14.6. The van der Waals surface area contributed by atoms with Gasteiger partial charge in [-0.2, -0.15) is 0 Å². The van der Waals surface area contributed by atoms with E-state index < -0.39 is 10.0 Å². The molecule has 0 aliphatic heterocycles. The van der Waals surface area contributed by atoms with Gasteiger partial charge in [0.2, 0.25) is 15.9 Å². The fourth-order valence-corrected chi connectivity index (χ4v) is 3.65. The van der Waals surface area contributed by atoms with E-state index in [-0.39, 0.29) is 16.8 Å². The van der Waals surface area contributed by atoms with Gasteiger partial charge in [-0.3, -0.25) is 4.79 Å². The predicted molar refractivity (Wildman–Crippen MR) is 76.5 cm³/mol. The van der Waals surface area contributed by atoms with E-state index in [1.807, 2.05) is 0 Å². The Kier molecular flexibility index (Phi) is 4.77. The van der Waals surface area contributed by atoms with Crippen molar-refractivity contribution in [3.8, 4) is 0 Å². The Balaban J connectivity index is 2.02. The van der Waals surface area contributed by atoms with Gasteiger partial charge in [0.15, 0.2) is 0 Å². The van der Waals surface area contributed by atoms with Crippen molar-refractivity contribution in [2.75, 3.05) is 0 Å². The zero-order valence-corrected chi connectivity index (χ0v) is 12.4. The normalized spacial score (nSPS) is 16.2. The number of benzene rings is 1. The molecule has 1 aliphatic rings. The predicted octanol–water partition coefficient (Wildman–Crippen LogP) is 1.54. The molecule has 110 valence electrons. The first-order valence-electron chi connectivity index (χ1n) is 6.83. The van der Waals surface area contributed by atoms with E-state index in [1.165, 1.54) is 6.92 Å². The molecule has 1 amide bonds. The van der Waals surface area contributed by atoms with E-state index in [9.17, 15) is 13.2 Å². The average Bonchev–Trinajstić information content (AvgIpc) is 2.89. The number of hydrogen-bond donors (Lipinski definition) is 2. The summed E-state index contributed by atoms with van der Waals surface area (Å²) in [5.74, 6) is -0.107. The summed E-state index contributed by atoms with van der Waals surface area (Å²) in [7, 11) is -3.43. The number of sulfonamides is 1. The lowest BCUT2D eigenvalue weighted by Crippen LogP contribution is -2.32. The number of carbonyl (C=O) groups excluding carboxylic acids is 1. The molecular formula is C14H20N2O3S. The smallest absolute Gasteiger partial charge is 0.240 e. The molecule has 5 nitrogen and oxygen atoms in total. The molecule has 0 bridgehead atoms. The monoisotopic (exact) mass is 296 g/mol. The first-order valence-corrected chi connectivity index (χ1v) is 8.31. The lowest BCUT2D eigenvalue weighted by atomic mass is 10.2. The van der Waals surface area contributed by atoms with Crippen molar-refractivity contribution in [1.29, 1.82) is 0 Å². The number of rotatable bonds is 5. The van der Waals surface area contributed by atoms with Crippen LogP contribution < -0.4 is 10.0 Å². The lowest BCUT2D eigenvalue weighted by molar-refractivity contribution is -0.119. The third kappa shape index (κ3) is 4.05. The van der Waals surface area contributed by atoms with E-state index >= 15 is 0 Å². The summed E-state index contributed by atoms with van der Waals surface area (Å²) in [6.45, 7) is 1.86. The minimum absolute atomic E-state index is 0.0686. The Morgan fingerprint density at radius 2 is 1.80 bits per heavy atom. The first kappa shape index (κ1) is 15.0. The van der Waals surface area contributed by atoms with Crippen LogP contribution in [0.25, 0.3) is 0 Å². The summed E-state index contributed by atoms with van der Waals surface area (Å²) in [5.41, 5.74) is 0.875. The highest BCUT2D eigenvalue weighted by atomic mass is 32.2. The topological polar surface area (TPSA) is 75.3 Å². The SMILES string of the molecule is CC(=O)NCc1ccc(S(=O)(=O)NC2CCCC2)cc1. The molecule has 20 heavy (non-hydrogen) atoms. The minimum Gasteiger partial charge on any atom is -0.352 e. The molecule has 1 saturated carbocycles. The van der Waals surface area contributed by atoms with Crippen LogP contribution in [0.3, 0.4) is 0 Å². The van der Waals surface area contributed by atoms with Crippen molar-refractivity contribution in [3.05, 3.63) is 29.8 Å². The van der Waals surface area contributed by atoms with Gasteiger partial charge in [-0.05, 0) is 30.5 Å². The Morgan fingerprint density at radius 3 is 2.35 bits per heavy atom. The molecule has 1 aromatic carbocycles. The summed E-state index contributed by atoms with van der Waals surface area (Å²) < 4.78 is 27.1. The van der Waals surface area contributed by atoms with Crippen LogP contribution in [0.15, 0.2) is 29.2 Å². The molecule has 2 N–H and O–H groups in total. The number of hydrogen-bond acceptors (Lipinski definition) is 3. The van der Waals surface area contributed by atoms with E-state index in [2.05, 4.69) is 10.0 Å². The summed E-state index contributed by atoms with van der Waals surface area (Å²) in [6.07, 6.45) is 4.01. The summed E-state index contributed by atoms with van der Waals surface area (Å²) in [6, 6.07) is 6.67. The van der Waals surface area contributed by atoms with Gasteiger partial charge in [-0.15, -0.1) is 0 Å². The number of amides is 1. The van der Waals surface area contributed by atoms with Gasteiger partial charge in [-0.25, -0.2) is 13.1 Å². The van der Waals surface area contributed by atoms with Crippen LogP contribution in [-0.2, 0) is 21.4 Å². The Hall–Kier alpha value is -1.40. The molecule has 0 unspecified atom stereocenters. The van der Waals surface area contributed by atoms with Crippen LogP contribution in [0.2, 0.25) is 0 Å². The van der Waals surface area contributed by atoms with Crippen molar-refractivity contribution in [1.82, 2.24) is 10.0 Å². The van der Waals surface area contributed by atoms with Gasteiger partial charge in [0.25, 0.3) is 0 Å². The average molecular weight is 296 g/mol. The molecule has 0 radical (unpaired) electrons. The van der Waals surface area contributed by atoms with Gasteiger partial charge < -0.3 is 5.32 Å². The Labute approximate surface area is 119 Å². The second-order valence-corrected chi connectivity index (χ2v) is 6.87. The molecule has 0 spiro atoms. The van der Waals surface area contributed by atoms with Gasteiger partial charge in [0.1, 0.15) is 0 Å². The number of nitrogens with one attached hydrogen (secondary N) is 2. The third-order valence-electron chi connectivity index (χ3n) is 3.45. The van der Waals surface area contributed by atoms with E-state index in [1.54, 1.807) is 24.3 Å². The lowest BCUT2D eigenvalue weighted by Gasteiger charge is -2.12. The molecule has 1 fully saturated rings. The van der Waals surface area contributed by atoms with E-state index in [0.717, 1.165) is 31.2 Å². The second-order valence-electron chi connectivity index (χ2n) is 5.16. The molecule has 0 atom stereocenters. The van der Waals surface area contributed by atoms with Crippen LogP contribution in [0.1, 0.15) is 38.2 Å². The summed E-state index contributed by atoms with van der Waals surface area (Å²) in [5, 5.41) is 2.67. The van der Waals surface area contributed by atoms with Gasteiger partial charge in [0.05, 0.1) is 4.90 Å². The van der Waals surface area contributed by atoms with Gasteiger partial charge >= 0.3 is 0 Å². The molecule has 0 aromatic heterocycles. The third-order valence-corrected chi connectivity index (χ3v) is 4.99. The van der Waals surface area contributed by atoms with Gasteiger partial charge in [-0.1, -0.05) is 25.0 Å². The highest BCUT2D eigenvalue weighted by molar-refractivity contribution is 7.89. The van der Waals surface area contributed by atoms with Crippen molar-refractivity contribution in [3.63, 3.8) is 0 Å². The molecule has 1 aliphatic carbocycles. The Bertz CT molecular complexity index is 561. The molecule has 0 saturated heterocycles. The van der Waals surface area contributed by atoms with Crippen LogP contribution in [-0.4, -0.2) is 20.4 Å². The van der Waals surface area contributed by atoms with Crippen molar-refractivity contribution in [2.24, 2.45) is 0 Å². The summed E-state index contributed by atoms with van der Waals surface area (Å²) in [4.78, 5) is 11.1. The maximum Gasteiger partial charge on any atom is 0.240 e. The quantitative estimate of drug-likeness (QED) is 0.865. The fraction of sp³-hybridized carbons (Fsp3) is 0.500. The largest absolute Gasteiger partial charge is 0.352 e. The standard InChI is InChI=1S/C14H20N2O3S/c1-11(17)15-10-12-6-8-14(9-7-12)20(18,19)16-13-4-2-3-5-13/h6-9,13,16H,2-5,10H2,1H3,(H,15,17). The highest BCUT2D eigenvalue weighted by Crippen LogP contribution is 2.20. The van der Waals surface area contributed by atoms with Crippen LogP contribution in [0.4, 0.5) is 0 Å². The number of carbonyl (C=O) groups is 1. The minimum atomic E-state index is -3.43. The fourth-order valence-electron chi connectivity index (χ4n) is 2.34. The van der Waals surface area contributed by atoms with Crippen molar-refractivity contribution >= 4 is 15.9 Å². The molecule has 6 heteroatoms.